The van der Waals surface area contributed by atoms with Gasteiger partial charge in [0.2, 0.25) is 11.0 Å². The number of hydrogen-bond donors (Lipinski definition) is 2. The lowest BCUT2D eigenvalue weighted by molar-refractivity contribution is -0.116. The number of phenols is 1. The molecule has 152 valence electrons. The van der Waals surface area contributed by atoms with E-state index in [9.17, 15) is 9.90 Å². The molecule has 2 N–H and O–H groups in total. The Labute approximate surface area is 176 Å². The van der Waals surface area contributed by atoms with Crippen LogP contribution < -0.4 is 10.1 Å². The first kappa shape index (κ1) is 18.6. The number of rotatable bonds is 4. The maximum absolute atomic E-state index is 12.6. The van der Waals surface area contributed by atoms with Gasteiger partial charge in [-0.2, -0.15) is 9.78 Å². The molecule has 0 spiro atoms. The molecule has 5 rings (SSSR count). The van der Waals surface area contributed by atoms with Gasteiger partial charge in [0.1, 0.15) is 5.82 Å². The Kier molecular flexibility index (Phi) is 4.43. The number of carbonyl (C=O) groups is 1. The minimum Gasteiger partial charge on any atom is -0.504 e. The van der Waals surface area contributed by atoms with E-state index in [1.165, 1.54) is 11.3 Å². The molecule has 2 aromatic carbocycles. The number of ether oxygens (including phenoxy) is 1. The van der Waals surface area contributed by atoms with Crippen molar-refractivity contribution in [3.63, 3.8) is 0 Å². The van der Waals surface area contributed by atoms with Crippen molar-refractivity contribution in [2.75, 3.05) is 11.9 Å². The number of nitrogens with one attached hydrogen (secondary N) is 1. The third-order valence-electron chi connectivity index (χ3n) is 5.25. The summed E-state index contributed by atoms with van der Waals surface area (Å²) < 4.78 is 8.33. The lowest BCUT2D eigenvalue weighted by Crippen LogP contribution is -2.25. The number of thiazole rings is 1. The van der Waals surface area contributed by atoms with Gasteiger partial charge in [0.15, 0.2) is 11.5 Å². The number of para-hydroxylation sites is 1. The lowest BCUT2D eigenvalue weighted by atomic mass is 9.85. The lowest BCUT2D eigenvalue weighted by Gasteiger charge is -2.24. The smallest absolute Gasteiger partial charge is 0.226 e. The first-order valence-electron chi connectivity index (χ1n) is 9.76. The number of aryl methyl sites for hydroxylation is 1. The van der Waals surface area contributed by atoms with E-state index in [-0.39, 0.29) is 17.6 Å². The van der Waals surface area contributed by atoms with Gasteiger partial charge in [-0.3, -0.25) is 4.79 Å². The van der Waals surface area contributed by atoms with Gasteiger partial charge in [-0.05, 0) is 43.7 Å². The van der Waals surface area contributed by atoms with Crippen LogP contribution in [0.25, 0.3) is 15.3 Å². The summed E-state index contributed by atoms with van der Waals surface area (Å²) >= 11 is 1.53. The Bertz CT molecular complexity index is 1240. The summed E-state index contributed by atoms with van der Waals surface area (Å²) in [5.74, 6) is 0.887. The number of benzene rings is 2. The quantitative estimate of drug-likeness (QED) is 0.512. The molecule has 2 aromatic heterocycles. The molecule has 8 heteroatoms. The highest BCUT2D eigenvalue weighted by Crippen LogP contribution is 2.42. The summed E-state index contributed by atoms with van der Waals surface area (Å²) in [6, 6.07) is 13.2. The molecule has 1 amide bonds. The number of carbonyl (C=O) groups excluding carboxylic acids is 1. The van der Waals surface area contributed by atoms with E-state index >= 15 is 0 Å². The number of anilines is 1. The van der Waals surface area contributed by atoms with Crippen LogP contribution in [0, 0.1) is 6.92 Å². The van der Waals surface area contributed by atoms with Crippen LogP contribution in [0.1, 0.15) is 36.1 Å². The van der Waals surface area contributed by atoms with E-state index < -0.39 is 0 Å². The van der Waals surface area contributed by atoms with Crippen LogP contribution in [0.3, 0.4) is 0 Å². The average Bonchev–Trinajstić information content (AvgIpc) is 3.30. The van der Waals surface area contributed by atoms with Crippen LogP contribution in [0.2, 0.25) is 0 Å². The second-order valence-electron chi connectivity index (χ2n) is 7.19. The van der Waals surface area contributed by atoms with Crippen molar-refractivity contribution in [1.29, 1.82) is 0 Å². The largest absolute Gasteiger partial charge is 0.504 e. The maximum atomic E-state index is 12.6. The van der Waals surface area contributed by atoms with Crippen LogP contribution in [0.5, 0.6) is 11.5 Å². The molecule has 0 saturated heterocycles. The van der Waals surface area contributed by atoms with Gasteiger partial charge >= 0.3 is 0 Å². The van der Waals surface area contributed by atoms with Gasteiger partial charge in [-0.15, -0.1) is 0 Å². The second kappa shape index (κ2) is 7.14. The molecule has 0 unspecified atom stereocenters. The van der Waals surface area contributed by atoms with Gasteiger partial charge in [0.25, 0.3) is 0 Å². The van der Waals surface area contributed by atoms with E-state index in [4.69, 9.17) is 14.8 Å². The molecule has 30 heavy (non-hydrogen) atoms. The molecule has 3 heterocycles. The summed E-state index contributed by atoms with van der Waals surface area (Å²) in [7, 11) is 0. The third-order valence-corrected chi connectivity index (χ3v) is 6.26. The zero-order valence-corrected chi connectivity index (χ0v) is 17.4. The van der Waals surface area contributed by atoms with Gasteiger partial charge in [-0.25, -0.2) is 4.98 Å². The number of aromatic hydroxyl groups is 1. The van der Waals surface area contributed by atoms with Gasteiger partial charge in [0.05, 0.1) is 22.5 Å². The van der Waals surface area contributed by atoms with Crippen LogP contribution in [0.15, 0.2) is 42.5 Å². The molecular formula is C22H20N4O3S. The zero-order chi connectivity index (χ0) is 20.8. The highest BCUT2D eigenvalue weighted by atomic mass is 32.1. The number of aromatic nitrogens is 3. The topological polar surface area (TPSA) is 89.3 Å². The van der Waals surface area contributed by atoms with Gasteiger partial charge in [-0.1, -0.05) is 29.5 Å². The van der Waals surface area contributed by atoms with E-state index in [2.05, 4.69) is 5.32 Å². The monoisotopic (exact) mass is 420 g/mol. The number of fused-ring (bicyclic) bond motifs is 2. The average molecular weight is 420 g/mol. The second-order valence-corrected chi connectivity index (χ2v) is 8.20. The fraction of sp³-hybridized carbons (Fsp3) is 0.227. The minimum absolute atomic E-state index is 0.0826. The molecule has 0 saturated carbocycles. The summed E-state index contributed by atoms with van der Waals surface area (Å²) in [4.78, 5) is 17.3. The zero-order valence-electron chi connectivity index (χ0n) is 16.5. The number of amides is 1. The predicted molar refractivity (Wildman–Crippen MR) is 116 cm³/mol. The van der Waals surface area contributed by atoms with Gasteiger partial charge in [0, 0.05) is 17.9 Å². The first-order chi connectivity index (χ1) is 14.5. The standard InChI is InChI=1S/C22H20N4O3S/c1-3-29-17-10-13(8-9-16(17)27)14-11-19(28)24-21-20(14)12(2)25-26(21)22-23-15-6-4-5-7-18(15)30-22/h4-10,14,27H,3,11H2,1-2H3,(H,24,28)/t14-/m0/s1. The molecule has 1 aliphatic rings. The van der Waals surface area contributed by atoms with Crippen LogP contribution >= 0.6 is 11.3 Å². The van der Waals surface area contributed by atoms with Crippen molar-refractivity contribution in [1.82, 2.24) is 14.8 Å². The molecule has 4 aromatic rings. The molecule has 1 atom stereocenters. The molecule has 0 radical (unpaired) electrons. The van der Waals surface area contributed by atoms with E-state index in [1.807, 2.05) is 44.2 Å². The van der Waals surface area contributed by atoms with Crippen molar-refractivity contribution < 1.29 is 14.6 Å². The summed E-state index contributed by atoms with van der Waals surface area (Å²) in [6.45, 7) is 4.25. The summed E-state index contributed by atoms with van der Waals surface area (Å²) in [5, 5.41) is 18.5. The Morgan fingerprint density at radius 3 is 2.93 bits per heavy atom. The third kappa shape index (κ3) is 3.00. The number of phenolic OH excluding ortho intramolecular Hbond substituents is 1. The van der Waals surface area contributed by atoms with Crippen molar-refractivity contribution >= 4 is 33.3 Å². The highest BCUT2D eigenvalue weighted by molar-refractivity contribution is 7.20. The SMILES string of the molecule is CCOc1cc([C@@H]2CC(=O)Nc3c2c(C)nn3-c2nc3ccccc3s2)ccc1O. The van der Waals surface area contributed by atoms with Crippen LogP contribution in [0.4, 0.5) is 5.82 Å². The van der Waals surface area contributed by atoms with Crippen LogP contribution in [-0.2, 0) is 4.79 Å². The summed E-state index contributed by atoms with van der Waals surface area (Å²) in [6.07, 6.45) is 0.301. The summed E-state index contributed by atoms with van der Waals surface area (Å²) in [5.41, 5.74) is 3.60. The number of hydrogen-bond acceptors (Lipinski definition) is 6. The molecular weight excluding hydrogens is 400 g/mol. The van der Waals surface area contributed by atoms with E-state index in [0.29, 0.717) is 29.7 Å². The first-order valence-corrected chi connectivity index (χ1v) is 10.6. The van der Waals surface area contributed by atoms with E-state index in [0.717, 1.165) is 27.0 Å². The predicted octanol–water partition coefficient (Wildman–Crippen LogP) is 4.37. The minimum atomic E-state index is -0.184. The van der Waals surface area contributed by atoms with E-state index in [1.54, 1.807) is 16.8 Å². The Morgan fingerprint density at radius 1 is 1.30 bits per heavy atom. The number of nitrogens with zero attached hydrogens (tertiary/aromatic N) is 3. The van der Waals surface area contributed by atoms with Crippen molar-refractivity contribution in [3.8, 4) is 16.6 Å². The molecule has 0 aliphatic carbocycles. The van der Waals surface area contributed by atoms with Crippen LogP contribution in [-0.4, -0.2) is 32.4 Å². The van der Waals surface area contributed by atoms with Gasteiger partial charge < -0.3 is 15.2 Å². The highest BCUT2D eigenvalue weighted by Gasteiger charge is 2.33. The van der Waals surface area contributed by atoms with Crippen molar-refractivity contribution in [2.45, 2.75) is 26.2 Å². The molecule has 0 fully saturated rings. The Hall–Kier alpha value is -3.39. The Morgan fingerprint density at radius 2 is 2.13 bits per heavy atom. The molecule has 7 nitrogen and oxygen atoms in total. The normalized spacial score (nSPS) is 15.8. The molecule has 1 aliphatic heterocycles. The molecule has 0 bridgehead atoms. The Balaban J connectivity index is 1.64. The maximum Gasteiger partial charge on any atom is 0.226 e. The fourth-order valence-electron chi connectivity index (χ4n) is 3.94. The van der Waals surface area contributed by atoms with Crippen molar-refractivity contribution in [2.24, 2.45) is 0 Å². The fourth-order valence-corrected chi connectivity index (χ4v) is 4.86. The van der Waals surface area contributed by atoms with Crippen molar-refractivity contribution in [3.05, 3.63) is 59.3 Å².